The van der Waals surface area contributed by atoms with Crippen molar-refractivity contribution in [1.82, 2.24) is 9.88 Å². The lowest BCUT2D eigenvalue weighted by Gasteiger charge is -2.34. The summed E-state index contributed by atoms with van der Waals surface area (Å²) >= 11 is 12.1. The molecule has 0 aliphatic carbocycles. The number of ether oxygens (including phenoxy) is 2. The van der Waals surface area contributed by atoms with Gasteiger partial charge in [0.2, 0.25) is 17.5 Å². The van der Waals surface area contributed by atoms with Gasteiger partial charge in [0.25, 0.3) is 5.91 Å². The summed E-state index contributed by atoms with van der Waals surface area (Å²) in [5, 5.41) is 10.4. The van der Waals surface area contributed by atoms with E-state index < -0.39 is 0 Å². The molecule has 180 valence electrons. The van der Waals surface area contributed by atoms with Crippen molar-refractivity contribution in [3.63, 3.8) is 0 Å². The molecule has 2 aromatic carbocycles. The number of anilines is 1. The fourth-order valence-corrected chi connectivity index (χ4v) is 4.25. The van der Waals surface area contributed by atoms with Crippen molar-refractivity contribution in [2.24, 2.45) is 0 Å². The van der Waals surface area contributed by atoms with Gasteiger partial charge in [0, 0.05) is 37.3 Å². The first-order chi connectivity index (χ1) is 16.9. The quantitative estimate of drug-likeness (QED) is 0.458. The van der Waals surface area contributed by atoms with Gasteiger partial charge in [0.1, 0.15) is 6.07 Å². The summed E-state index contributed by atoms with van der Waals surface area (Å²) in [7, 11) is 3.15. The highest BCUT2D eigenvalue weighted by molar-refractivity contribution is 6.36. The maximum atomic E-state index is 12.9. The third kappa shape index (κ3) is 5.37. The molecule has 2 heterocycles. The first kappa shape index (κ1) is 24.5. The van der Waals surface area contributed by atoms with Gasteiger partial charge in [0.15, 0.2) is 11.5 Å². The Labute approximate surface area is 212 Å². The first-order valence-corrected chi connectivity index (χ1v) is 11.5. The minimum atomic E-state index is -0.164. The van der Waals surface area contributed by atoms with Crippen LogP contribution < -0.4 is 14.4 Å². The SMILES string of the molecule is COc1ccc(/C=C/c2nc(C#N)c(N3CCN(C(=O)c4ccc(Cl)cc4Cl)CC3)o2)cc1OC. The molecule has 0 bridgehead atoms. The Hall–Kier alpha value is -3.67. The number of nitriles is 1. The van der Waals surface area contributed by atoms with E-state index in [0.717, 1.165) is 5.56 Å². The molecule has 4 rings (SSSR count). The molecule has 8 nitrogen and oxygen atoms in total. The molecular formula is C25H22Cl2N4O4. The van der Waals surface area contributed by atoms with Crippen molar-refractivity contribution in [3.05, 3.63) is 69.2 Å². The zero-order valence-corrected chi connectivity index (χ0v) is 20.6. The minimum Gasteiger partial charge on any atom is -0.493 e. The highest BCUT2D eigenvalue weighted by Crippen LogP contribution is 2.29. The Balaban J connectivity index is 1.45. The maximum Gasteiger partial charge on any atom is 0.255 e. The summed E-state index contributed by atoms with van der Waals surface area (Å²) < 4.78 is 16.5. The molecule has 1 fully saturated rings. The number of piperazine rings is 1. The number of benzene rings is 2. The molecular weight excluding hydrogens is 491 g/mol. The van der Waals surface area contributed by atoms with Gasteiger partial charge in [-0.1, -0.05) is 29.3 Å². The minimum absolute atomic E-state index is 0.164. The van der Waals surface area contributed by atoms with Crippen LogP contribution in [0.25, 0.3) is 12.2 Å². The Bertz CT molecular complexity index is 1310. The van der Waals surface area contributed by atoms with Gasteiger partial charge >= 0.3 is 0 Å². The van der Waals surface area contributed by atoms with Crippen molar-refractivity contribution in [1.29, 1.82) is 5.26 Å². The monoisotopic (exact) mass is 512 g/mol. The molecule has 0 radical (unpaired) electrons. The third-order valence-electron chi connectivity index (χ3n) is 5.57. The number of oxazole rings is 1. The normalized spacial score (nSPS) is 13.7. The van der Waals surface area contributed by atoms with Crippen LogP contribution in [0.2, 0.25) is 10.0 Å². The second kappa shape index (κ2) is 10.7. The van der Waals surface area contributed by atoms with Crippen molar-refractivity contribution < 1.29 is 18.7 Å². The summed E-state index contributed by atoms with van der Waals surface area (Å²) in [5.41, 5.74) is 1.45. The van der Waals surface area contributed by atoms with Gasteiger partial charge in [0.05, 0.1) is 24.8 Å². The number of aromatic nitrogens is 1. The number of hydrogen-bond acceptors (Lipinski definition) is 7. The van der Waals surface area contributed by atoms with Crippen LogP contribution in [0.15, 0.2) is 40.8 Å². The number of methoxy groups -OCH3 is 2. The fourth-order valence-electron chi connectivity index (χ4n) is 3.76. The smallest absolute Gasteiger partial charge is 0.255 e. The van der Waals surface area contributed by atoms with Crippen LogP contribution in [0.4, 0.5) is 5.88 Å². The second-order valence-corrected chi connectivity index (χ2v) is 8.51. The van der Waals surface area contributed by atoms with Gasteiger partial charge in [-0.3, -0.25) is 4.79 Å². The van der Waals surface area contributed by atoms with E-state index in [-0.39, 0.29) is 11.6 Å². The van der Waals surface area contributed by atoms with Gasteiger partial charge < -0.3 is 23.7 Å². The van der Waals surface area contributed by atoms with Crippen molar-refractivity contribution in [3.8, 4) is 17.6 Å². The molecule has 3 aromatic rings. The largest absolute Gasteiger partial charge is 0.493 e. The zero-order valence-electron chi connectivity index (χ0n) is 19.1. The van der Waals surface area contributed by atoms with Gasteiger partial charge in [-0.05, 0) is 42.0 Å². The molecule has 0 spiro atoms. The van der Waals surface area contributed by atoms with Crippen LogP contribution in [0.1, 0.15) is 27.5 Å². The molecule has 0 N–H and O–H groups in total. The number of carbonyl (C=O) groups excluding carboxylic acids is 1. The van der Waals surface area contributed by atoms with Crippen LogP contribution in [0, 0.1) is 11.3 Å². The Morgan fingerprint density at radius 2 is 1.80 bits per heavy atom. The molecule has 0 atom stereocenters. The van der Waals surface area contributed by atoms with Crippen LogP contribution >= 0.6 is 23.2 Å². The van der Waals surface area contributed by atoms with Gasteiger partial charge in [-0.15, -0.1) is 0 Å². The average Bonchev–Trinajstić information content (AvgIpc) is 3.30. The molecule has 35 heavy (non-hydrogen) atoms. The van der Waals surface area contributed by atoms with Gasteiger partial charge in [-0.25, -0.2) is 0 Å². The van der Waals surface area contributed by atoms with Crippen molar-refractivity contribution in [2.75, 3.05) is 45.3 Å². The van der Waals surface area contributed by atoms with Crippen LogP contribution in [-0.4, -0.2) is 56.2 Å². The Morgan fingerprint density at radius 3 is 2.46 bits per heavy atom. The van der Waals surface area contributed by atoms with E-state index in [1.165, 1.54) is 0 Å². The van der Waals surface area contributed by atoms with Crippen LogP contribution in [0.5, 0.6) is 11.5 Å². The average molecular weight is 513 g/mol. The molecule has 10 heteroatoms. The van der Waals surface area contributed by atoms with E-state index in [9.17, 15) is 10.1 Å². The number of nitrogens with zero attached hydrogens (tertiary/aromatic N) is 4. The summed E-state index contributed by atoms with van der Waals surface area (Å²) in [6, 6.07) is 12.4. The second-order valence-electron chi connectivity index (χ2n) is 7.67. The van der Waals surface area contributed by atoms with E-state index in [1.54, 1.807) is 49.5 Å². The van der Waals surface area contributed by atoms with E-state index in [1.807, 2.05) is 23.1 Å². The van der Waals surface area contributed by atoms with Crippen LogP contribution in [-0.2, 0) is 0 Å². The van der Waals surface area contributed by atoms with E-state index >= 15 is 0 Å². The van der Waals surface area contributed by atoms with Crippen molar-refractivity contribution in [2.45, 2.75) is 0 Å². The van der Waals surface area contributed by atoms with E-state index in [4.69, 9.17) is 37.1 Å². The Morgan fingerprint density at radius 1 is 1.06 bits per heavy atom. The van der Waals surface area contributed by atoms with Crippen LogP contribution in [0.3, 0.4) is 0 Å². The van der Waals surface area contributed by atoms with E-state index in [0.29, 0.717) is 65.1 Å². The third-order valence-corrected chi connectivity index (χ3v) is 6.12. The molecule has 0 saturated carbocycles. The molecule has 0 unspecified atom stereocenters. The topological polar surface area (TPSA) is 91.8 Å². The number of carbonyl (C=O) groups is 1. The number of halogens is 2. The number of hydrogen-bond donors (Lipinski definition) is 0. The molecule has 1 amide bonds. The van der Waals surface area contributed by atoms with Gasteiger partial charge in [-0.2, -0.15) is 10.2 Å². The molecule has 1 aliphatic heterocycles. The summed E-state index contributed by atoms with van der Waals surface area (Å²) in [5.74, 6) is 1.76. The predicted molar refractivity (Wildman–Crippen MR) is 134 cm³/mol. The standard InChI is InChI=1S/C25H22Cl2N4O4/c1-33-21-7-3-16(13-22(21)34-2)4-8-23-29-20(15-28)25(35-23)31-11-9-30(10-12-31)24(32)18-6-5-17(26)14-19(18)27/h3-8,13-14H,9-12H2,1-2H3/b8-4+. The molecule has 1 saturated heterocycles. The lowest BCUT2D eigenvalue weighted by Crippen LogP contribution is -2.49. The summed E-state index contributed by atoms with van der Waals surface area (Å²) in [6.07, 6.45) is 3.50. The number of rotatable bonds is 6. The predicted octanol–water partition coefficient (Wildman–Crippen LogP) is 5.00. The molecule has 1 aromatic heterocycles. The highest BCUT2D eigenvalue weighted by Gasteiger charge is 2.27. The fraction of sp³-hybridized carbons (Fsp3) is 0.240. The number of amides is 1. The lowest BCUT2D eigenvalue weighted by molar-refractivity contribution is 0.0745. The lowest BCUT2D eigenvalue weighted by atomic mass is 10.1. The Kier molecular flexibility index (Phi) is 7.49. The maximum absolute atomic E-state index is 12.9. The van der Waals surface area contributed by atoms with Crippen molar-refractivity contribution >= 4 is 47.1 Å². The summed E-state index contributed by atoms with van der Waals surface area (Å²) in [4.78, 5) is 20.8. The molecule has 1 aliphatic rings. The highest BCUT2D eigenvalue weighted by atomic mass is 35.5. The summed E-state index contributed by atoms with van der Waals surface area (Å²) in [6.45, 7) is 1.86. The first-order valence-electron chi connectivity index (χ1n) is 10.7. The zero-order chi connectivity index (χ0) is 24.9. The van der Waals surface area contributed by atoms with E-state index in [2.05, 4.69) is 11.1 Å².